The smallest absolute Gasteiger partial charge is 0.141 e. The van der Waals surface area contributed by atoms with Gasteiger partial charge in [-0.05, 0) is 30.0 Å². The monoisotopic (exact) mass is 255 g/mol. The molecule has 0 bridgehead atoms. The van der Waals surface area contributed by atoms with Gasteiger partial charge in [0, 0.05) is 6.04 Å². The molecule has 0 amide bonds. The Hall–Kier alpha value is -0.600. The molecule has 1 aliphatic rings. The largest absolute Gasteiger partial charge is 0.324 e. The third kappa shape index (κ3) is 3.43. The summed E-state index contributed by atoms with van der Waals surface area (Å²) >= 11 is 5.77. The van der Waals surface area contributed by atoms with Gasteiger partial charge in [-0.1, -0.05) is 49.8 Å². The number of hydrogen-bond donors (Lipinski definition) is 1. The predicted molar refractivity (Wildman–Crippen MR) is 69.5 cm³/mol. The van der Waals surface area contributed by atoms with Crippen LogP contribution in [-0.2, 0) is 0 Å². The molecule has 94 valence electrons. The summed E-state index contributed by atoms with van der Waals surface area (Å²) in [6.07, 6.45) is 7.55. The maximum atomic E-state index is 13.0. The summed E-state index contributed by atoms with van der Waals surface area (Å²) in [5.41, 5.74) is 7.11. The van der Waals surface area contributed by atoms with E-state index in [0.29, 0.717) is 0 Å². The van der Waals surface area contributed by atoms with Crippen molar-refractivity contribution in [2.75, 3.05) is 0 Å². The Balaban J connectivity index is 1.98. The second-order valence-electron chi connectivity index (χ2n) is 5.02. The van der Waals surface area contributed by atoms with E-state index in [-0.39, 0.29) is 16.9 Å². The van der Waals surface area contributed by atoms with Gasteiger partial charge in [-0.2, -0.15) is 0 Å². The van der Waals surface area contributed by atoms with Crippen LogP contribution in [0.4, 0.5) is 4.39 Å². The van der Waals surface area contributed by atoms with Crippen LogP contribution in [0.1, 0.15) is 50.1 Å². The summed E-state index contributed by atoms with van der Waals surface area (Å²) in [4.78, 5) is 0. The van der Waals surface area contributed by atoms with Gasteiger partial charge in [0.15, 0.2) is 0 Å². The molecule has 2 N–H and O–H groups in total. The fourth-order valence-electron chi connectivity index (χ4n) is 2.66. The highest BCUT2D eigenvalue weighted by molar-refractivity contribution is 6.30. The molecular weight excluding hydrogens is 237 g/mol. The number of benzene rings is 1. The molecular formula is C14H19ClFN. The van der Waals surface area contributed by atoms with Crippen molar-refractivity contribution in [2.45, 2.75) is 44.6 Å². The topological polar surface area (TPSA) is 26.0 Å². The van der Waals surface area contributed by atoms with E-state index in [1.54, 1.807) is 12.1 Å². The number of rotatable bonds is 3. The standard InChI is InChI=1S/C14H19ClFN/c15-12-9-11(6-7-13(12)16)14(17)8-10-4-2-1-3-5-10/h6-7,9-10,14H,1-5,8,17H2. The summed E-state index contributed by atoms with van der Waals surface area (Å²) in [6, 6.07) is 4.79. The lowest BCUT2D eigenvalue weighted by atomic mass is 9.83. The van der Waals surface area contributed by atoms with Crippen molar-refractivity contribution in [1.29, 1.82) is 0 Å². The van der Waals surface area contributed by atoms with E-state index in [0.717, 1.165) is 17.9 Å². The molecule has 0 radical (unpaired) electrons. The van der Waals surface area contributed by atoms with Crippen molar-refractivity contribution >= 4 is 11.6 Å². The van der Waals surface area contributed by atoms with Gasteiger partial charge in [0.25, 0.3) is 0 Å². The average molecular weight is 256 g/mol. The summed E-state index contributed by atoms with van der Waals surface area (Å²) in [5.74, 6) is 0.350. The minimum absolute atomic E-state index is 0.0174. The van der Waals surface area contributed by atoms with Gasteiger partial charge in [0.05, 0.1) is 5.02 Å². The van der Waals surface area contributed by atoms with Crippen LogP contribution in [0.15, 0.2) is 18.2 Å². The zero-order valence-electron chi connectivity index (χ0n) is 9.96. The van der Waals surface area contributed by atoms with E-state index in [9.17, 15) is 4.39 Å². The third-order valence-corrected chi connectivity index (χ3v) is 3.97. The van der Waals surface area contributed by atoms with Crippen molar-refractivity contribution in [3.63, 3.8) is 0 Å². The maximum Gasteiger partial charge on any atom is 0.141 e. The van der Waals surface area contributed by atoms with Crippen molar-refractivity contribution < 1.29 is 4.39 Å². The lowest BCUT2D eigenvalue weighted by molar-refractivity contribution is 0.319. The quantitative estimate of drug-likeness (QED) is 0.849. The molecule has 1 atom stereocenters. The Morgan fingerprint density at radius 2 is 2.00 bits per heavy atom. The van der Waals surface area contributed by atoms with Crippen molar-refractivity contribution in [3.05, 3.63) is 34.6 Å². The molecule has 1 fully saturated rings. The van der Waals surface area contributed by atoms with E-state index in [4.69, 9.17) is 17.3 Å². The first-order valence-corrected chi connectivity index (χ1v) is 6.75. The highest BCUT2D eigenvalue weighted by Gasteiger charge is 2.18. The minimum atomic E-state index is -0.375. The van der Waals surface area contributed by atoms with Gasteiger partial charge in [-0.25, -0.2) is 4.39 Å². The van der Waals surface area contributed by atoms with Gasteiger partial charge >= 0.3 is 0 Å². The fraction of sp³-hybridized carbons (Fsp3) is 0.571. The van der Waals surface area contributed by atoms with E-state index >= 15 is 0 Å². The predicted octanol–water partition coefficient (Wildman–Crippen LogP) is 4.45. The molecule has 0 saturated heterocycles. The maximum absolute atomic E-state index is 13.0. The SMILES string of the molecule is NC(CC1CCCCC1)c1ccc(F)c(Cl)c1. The second-order valence-corrected chi connectivity index (χ2v) is 5.43. The average Bonchev–Trinajstić information content (AvgIpc) is 2.34. The van der Waals surface area contributed by atoms with Crippen molar-refractivity contribution in [3.8, 4) is 0 Å². The van der Waals surface area contributed by atoms with Crippen LogP contribution in [0.25, 0.3) is 0 Å². The molecule has 1 nitrogen and oxygen atoms in total. The molecule has 1 aromatic carbocycles. The molecule has 3 heteroatoms. The minimum Gasteiger partial charge on any atom is -0.324 e. The van der Waals surface area contributed by atoms with Crippen LogP contribution in [0.3, 0.4) is 0 Å². The Kier molecular flexibility index (Phi) is 4.41. The molecule has 1 unspecified atom stereocenters. The van der Waals surface area contributed by atoms with Gasteiger partial charge < -0.3 is 5.73 Å². The lowest BCUT2D eigenvalue weighted by Gasteiger charge is -2.24. The normalized spacial score (nSPS) is 19.2. The van der Waals surface area contributed by atoms with E-state index in [2.05, 4.69) is 0 Å². The number of hydrogen-bond acceptors (Lipinski definition) is 1. The molecule has 17 heavy (non-hydrogen) atoms. The van der Waals surface area contributed by atoms with Gasteiger partial charge in [0.2, 0.25) is 0 Å². The van der Waals surface area contributed by atoms with Gasteiger partial charge in [-0.15, -0.1) is 0 Å². The highest BCUT2D eigenvalue weighted by Crippen LogP contribution is 2.31. The molecule has 0 spiro atoms. The van der Waals surface area contributed by atoms with Crippen molar-refractivity contribution in [2.24, 2.45) is 11.7 Å². The zero-order chi connectivity index (χ0) is 12.3. The van der Waals surface area contributed by atoms with Crippen LogP contribution in [-0.4, -0.2) is 0 Å². The van der Waals surface area contributed by atoms with Crippen LogP contribution >= 0.6 is 11.6 Å². The summed E-state index contributed by atoms with van der Waals surface area (Å²) in [7, 11) is 0. The Labute approximate surface area is 107 Å². The summed E-state index contributed by atoms with van der Waals surface area (Å²) < 4.78 is 13.0. The molecule has 1 aromatic rings. The van der Waals surface area contributed by atoms with Crippen LogP contribution in [0, 0.1) is 11.7 Å². The van der Waals surface area contributed by atoms with Crippen LogP contribution in [0.5, 0.6) is 0 Å². The Morgan fingerprint density at radius 3 is 2.65 bits per heavy atom. The first-order valence-electron chi connectivity index (χ1n) is 6.37. The van der Waals surface area contributed by atoms with Crippen LogP contribution in [0.2, 0.25) is 5.02 Å². The molecule has 0 aromatic heterocycles. The highest BCUT2D eigenvalue weighted by atomic mass is 35.5. The Bertz CT molecular complexity index is 374. The van der Waals surface area contributed by atoms with Crippen molar-refractivity contribution in [1.82, 2.24) is 0 Å². The van der Waals surface area contributed by atoms with Gasteiger partial charge in [-0.3, -0.25) is 0 Å². The molecule has 0 aliphatic heterocycles. The lowest BCUT2D eigenvalue weighted by Crippen LogP contribution is -2.17. The first-order chi connectivity index (χ1) is 8.16. The first kappa shape index (κ1) is 12.8. The van der Waals surface area contributed by atoms with E-state index in [1.165, 1.54) is 38.2 Å². The molecule has 1 saturated carbocycles. The Morgan fingerprint density at radius 1 is 1.29 bits per heavy atom. The zero-order valence-corrected chi connectivity index (χ0v) is 10.7. The number of halogens is 2. The van der Waals surface area contributed by atoms with Crippen LogP contribution < -0.4 is 5.73 Å². The summed E-state index contributed by atoms with van der Waals surface area (Å²) in [6.45, 7) is 0. The molecule has 0 heterocycles. The van der Waals surface area contributed by atoms with E-state index < -0.39 is 0 Å². The summed E-state index contributed by atoms with van der Waals surface area (Å²) in [5, 5.41) is 0.168. The molecule has 2 rings (SSSR count). The van der Waals surface area contributed by atoms with E-state index in [1.807, 2.05) is 0 Å². The molecule has 1 aliphatic carbocycles. The fourth-order valence-corrected chi connectivity index (χ4v) is 2.85. The number of nitrogens with two attached hydrogens (primary N) is 1. The second kappa shape index (κ2) is 5.83. The van der Waals surface area contributed by atoms with Gasteiger partial charge in [0.1, 0.15) is 5.82 Å². The third-order valence-electron chi connectivity index (χ3n) is 3.68.